The Bertz CT molecular complexity index is 1040. The van der Waals surface area contributed by atoms with Gasteiger partial charge < -0.3 is 20.3 Å². The van der Waals surface area contributed by atoms with E-state index >= 15 is 4.39 Å². The smallest absolute Gasteiger partial charge is 0.414 e. The van der Waals surface area contributed by atoms with Gasteiger partial charge in [-0.2, -0.15) is 5.26 Å². The van der Waals surface area contributed by atoms with E-state index in [-0.39, 0.29) is 23.4 Å². The van der Waals surface area contributed by atoms with Gasteiger partial charge in [0.25, 0.3) is 0 Å². The molecule has 3 rings (SSSR count). The van der Waals surface area contributed by atoms with Crippen molar-refractivity contribution in [3.63, 3.8) is 0 Å². The van der Waals surface area contributed by atoms with Crippen molar-refractivity contribution in [3.05, 3.63) is 64.5 Å². The number of carbonyl (C=O) groups excluding carboxylic acids is 1. The highest BCUT2D eigenvalue weighted by molar-refractivity contribution is 5.90. The van der Waals surface area contributed by atoms with Crippen LogP contribution in [-0.2, 0) is 17.9 Å². The first-order valence-electron chi connectivity index (χ1n) is 10.8. The van der Waals surface area contributed by atoms with Crippen LogP contribution in [0.5, 0.6) is 0 Å². The maximum atomic E-state index is 15.3. The predicted molar refractivity (Wildman–Crippen MR) is 124 cm³/mol. The van der Waals surface area contributed by atoms with Gasteiger partial charge >= 0.3 is 6.09 Å². The van der Waals surface area contributed by atoms with Crippen molar-refractivity contribution < 1.29 is 13.9 Å². The Hall–Kier alpha value is -3.64. The summed E-state index contributed by atoms with van der Waals surface area (Å²) in [5, 5.41) is 18.5. The summed E-state index contributed by atoms with van der Waals surface area (Å²) in [6, 6.07) is 13.7. The first kappa shape index (κ1) is 24.0. The zero-order chi connectivity index (χ0) is 24.0. The molecule has 1 aliphatic heterocycles. The van der Waals surface area contributed by atoms with Crippen molar-refractivity contribution in [2.45, 2.75) is 31.9 Å². The molecular formula is C24H29FN6O2. The normalized spacial score (nSPS) is 14.1. The molecule has 0 radical (unpaired) electrons. The molecule has 0 aromatic heterocycles. The molecule has 8 nitrogen and oxygen atoms in total. The topological polar surface area (TPSA) is 118 Å². The van der Waals surface area contributed by atoms with Gasteiger partial charge in [-0.05, 0) is 50.0 Å². The summed E-state index contributed by atoms with van der Waals surface area (Å²) < 4.78 is 20.2. The van der Waals surface area contributed by atoms with Crippen LogP contribution in [0.4, 0.5) is 14.9 Å². The van der Waals surface area contributed by atoms with E-state index in [4.69, 9.17) is 15.9 Å². The molecule has 33 heavy (non-hydrogen) atoms. The molecule has 0 saturated carbocycles. The third kappa shape index (κ3) is 6.20. The molecule has 174 valence electrons. The number of hydrogen-bond acceptors (Lipinski definition) is 6. The summed E-state index contributed by atoms with van der Waals surface area (Å²) >= 11 is 0. The fourth-order valence-electron chi connectivity index (χ4n) is 4.10. The lowest BCUT2D eigenvalue weighted by molar-refractivity contribution is 0.143. The van der Waals surface area contributed by atoms with Crippen molar-refractivity contribution in [2.24, 2.45) is 5.73 Å². The molecule has 2 aromatic carbocycles. The second kappa shape index (κ2) is 10.8. The van der Waals surface area contributed by atoms with Crippen molar-refractivity contribution in [3.8, 4) is 6.07 Å². The minimum absolute atomic E-state index is 0.154. The van der Waals surface area contributed by atoms with Crippen LogP contribution in [0, 0.1) is 22.6 Å². The Balaban J connectivity index is 1.69. The highest BCUT2D eigenvalue weighted by Gasteiger charge is 2.26. The quantitative estimate of drug-likeness (QED) is 0.457. The monoisotopic (exact) mass is 452 g/mol. The van der Waals surface area contributed by atoms with Gasteiger partial charge in [-0.1, -0.05) is 30.3 Å². The van der Waals surface area contributed by atoms with E-state index in [1.54, 1.807) is 0 Å². The molecule has 2 aromatic rings. The number of hydrogen-bond donors (Lipinski definition) is 3. The summed E-state index contributed by atoms with van der Waals surface area (Å²) in [4.78, 5) is 15.6. The summed E-state index contributed by atoms with van der Waals surface area (Å²) in [6.45, 7) is 1.79. The number of nitrogens with zero attached hydrogens (tertiary/aromatic N) is 3. The lowest BCUT2D eigenvalue weighted by Gasteiger charge is -2.35. The molecule has 1 saturated heterocycles. The number of piperidine rings is 1. The first-order valence-corrected chi connectivity index (χ1v) is 10.8. The number of nitrogens with two attached hydrogens (primary N) is 1. The number of rotatable bonds is 6. The zero-order valence-electron chi connectivity index (χ0n) is 18.9. The second-order valence-electron chi connectivity index (χ2n) is 8.40. The van der Waals surface area contributed by atoms with Crippen molar-refractivity contribution in [2.75, 3.05) is 32.1 Å². The van der Waals surface area contributed by atoms with Gasteiger partial charge in [0.2, 0.25) is 0 Å². The van der Waals surface area contributed by atoms with E-state index in [0.717, 1.165) is 19.4 Å². The van der Waals surface area contributed by atoms with Gasteiger partial charge in [0.15, 0.2) is 11.8 Å². The molecule has 4 N–H and O–H groups in total. The molecule has 0 spiro atoms. The van der Waals surface area contributed by atoms with Gasteiger partial charge in [-0.15, -0.1) is 0 Å². The van der Waals surface area contributed by atoms with Crippen LogP contribution in [-0.4, -0.2) is 44.1 Å². The van der Waals surface area contributed by atoms with E-state index in [9.17, 15) is 10.1 Å². The zero-order valence-corrected chi connectivity index (χ0v) is 18.9. The maximum Gasteiger partial charge on any atom is 0.414 e. The molecule has 1 heterocycles. The Morgan fingerprint density at radius 3 is 2.52 bits per heavy atom. The number of anilines is 1. The Morgan fingerprint density at radius 2 is 1.94 bits per heavy atom. The molecule has 9 heteroatoms. The van der Waals surface area contributed by atoms with Crippen LogP contribution < -0.4 is 16.0 Å². The number of alkyl carbamates (subject to hydrolysis) is 1. The van der Waals surface area contributed by atoms with Crippen LogP contribution in [0.15, 0.2) is 36.4 Å². The van der Waals surface area contributed by atoms with Crippen LogP contribution in [0.2, 0.25) is 0 Å². The van der Waals surface area contributed by atoms with Gasteiger partial charge in [-0.3, -0.25) is 10.7 Å². The van der Waals surface area contributed by atoms with E-state index in [1.807, 2.05) is 24.3 Å². The number of ether oxygens (including phenoxy) is 1. The summed E-state index contributed by atoms with van der Waals surface area (Å²) in [5.41, 5.74) is 8.26. The molecule has 1 fully saturated rings. The summed E-state index contributed by atoms with van der Waals surface area (Å²) in [7, 11) is 4.08. The maximum absolute atomic E-state index is 15.3. The molecule has 0 aliphatic carbocycles. The van der Waals surface area contributed by atoms with Gasteiger partial charge in [-0.25, -0.2) is 9.18 Å². The summed E-state index contributed by atoms with van der Waals surface area (Å²) in [6.07, 6.45) is 0.753. The lowest BCUT2D eigenvalue weighted by atomic mass is 9.88. The van der Waals surface area contributed by atoms with Crippen LogP contribution in [0.1, 0.15) is 41.0 Å². The molecule has 1 amide bonds. The molecule has 0 unspecified atom stereocenters. The molecule has 0 bridgehead atoms. The van der Waals surface area contributed by atoms with Crippen LogP contribution >= 0.6 is 0 Å². The lowest BCUT2D eigenvalue weighted by Crippen LogP contribution is -2.36. The summed E-state index contributed by atoms with van der Waals surface area (Å²) in [5.74, 6) is -0.752. The minimum atomic E-state index is -0.940. The van der Waals surface area contributed by atoms with E-state index < -0.39 is 17.9 Å². The van der Waals surface area contributed by atoms with Crippen molar-refractivity contribution >= 4 is 17.7 Å². The highest BCUT2D eigenvalue weighted by atomic mass is 19.1. The van der Waals surface area contributed by atoms with Gasteiger partial charge in [0.1, 0.15) is 12.7 Å². The number of amides is 1. The fourth-order valence-corrected chi connectivity index (χ4v) is 4.10. The number of nitrogens with one attached hydrogen (secondary N) is 2. The number of carbonyl (C=O) groups is 1. The van der Waals surface area contributed by atoms with Crippen molar-refractivity contribution in [1.29, 1.82) is 10.7 Å². The van der Waals surface area contributed by atoms with Gasteiger partial charge in [0.05, 0.1) is 11.3 Å². The number of halogens is 1. The fraction of sp³-hybridized carbons (Fsp3) is 0.375. The van der Waals surface area contributed by atoms with Crippen LogP contribution in [0.25, 0.3) is 0 Å². The average Bonchev–Trinajstić information content (AvgIpc) is 2.78. The molecule has 0 atom stereocenters. The second-order valence-corrected chi connectivity index (χ2v) is 8.40. The van der Waals surface area contributed by atoms with E-state index in [0.29, 0.717) is 19.0 Å². The molecule has 1 aliphatic rings. The average molecular weight is 453 g/mol. The first-order chi connectivity index (χ1) is 15.8. The number of guanidine groups is 1. The SMILES string of the molecule is CN(C)Cc1ccc(C2CCN(c3c(C#N)ccc(COC(=O)NC(=N)N)c3F)CC2)cc1. The Labute approximate surface area is 193 Å². The molecular weight excluding hydrogens is 423 g/mol. The Kier molecular flexibility index (Phi) is 7.85. The van der Waals surface area contributed by atoms with E-state index in [1.165, 1.54) is 23.3 Å². The standard InChI is InChI=1S/C24H29FN6O2/c1-30(2)14-16-3-5-17(6-4-16)18-9-11-31(12-10-18)22-19(13-26)7-8-20(21(22)25)15-33-24(32)29-23(27)28/h3-8,18H,9-12,14-15H2,1-2H3,(H4,27,28,29,32). The predicted octanol–water partition coefficient (Wildman–Crippen LogP) is 3.26. The highest BCUT2D eigenvalue weighted by Crippen LogP contribution is 2.34. The van der Waals surface area contributed by atoms with Crippen LogP contribution in [0.3, 0.4) is 0 Å². The van der Waals surface area contributed by atoms with Gasteiger partial charge in [0, 0.05) is 25.2 Å². The third-order valence-electron chi connectivity index (χ3n) is 5.67. The third-order valence-corrected chi connectivity index (χ3v) is 5.67. The number of benzene rings is 2. The minimum Gasteiger partial charge on any atom is -0.444 e. The largest absolute Gasteiger partial charge is 0.444 e. The Morgan fingerprint density at radius 1 is 1.27 bits per heavy atom. The van der Waals surface area contributed by atoms with E-state index in [2.05, 4.69) is 35.2 Å². The van der Waals surface area contributed by atoms with Crippen molar-refractivity contribution in [1.82, 2.24) is 10.2 Å². The number of nitriles is 1.